The molecular weight excluding hydrogens is 520 g/mol. The Hall–Kier alpha value is -2.01. The van der Waals surface area contributed by atoms with Gasteiger partial charge < -0.3 is 20.3 Å². The Labute approximate surface area is 199 Å². The smallest absolute Gasteiger partial charge is 0.378 e. The molecule has 2 N–H and O–H groups in total. The molecule has 0 saturated heterocycles. The summed E-state index contributed by atoms with van der Waals surface area (Å²) >= 11 is 0. The molecule has 0 aromatic heterocycles. The van der Waals surface area contributed by atoms with E-state index in [1.807, 2.05) is 38.1 Å². The Balaban J connectivity index is 0.00000480. The highest BCUT2D eigenvalue weighted by Gasteiger charge is 2.27. The molecule has 2 aromatic rings. The molecule has 0 atom stereocenters. The van der Waals surface area contributed by atoms with Gasteiger partial charge >= 0.3 is 6.18 Å². The van der Waals surface area contributed by atoms with E-state index in [1.165, 1.54) is 0 Å². The summed E-state index contributed by atoms with van der Waals surface area (Å²) in [5, 5.41) is 6.48. The van der Waals surface area contributed by atoms with Crippen LogP contribution < -0.4 is 15.5 Å². The van der Waals surface area contributed by atoms with Gasteiger partial charge in [-0.3, -0.25) is 0 Å². The minimum absolute atomic E-state index is 0. The van der Waals surface area contributed by atoms with Crippen LogP contribution in [-0.4, -0.2) is 39.4 Å². The highest BCUT2D eigenvalue weighted by atomic mass is 127. The van der Waals surface area contributed by atoms with Gasteiger partial charge in [-0.15, -0.1) is 24.0 Å². The maximum absolute atomic E-state index is 12.1. The molecule has 0 aliphatic carbocycles. The first-order chi connectivity index (χ1) is 14.3. The van der Waals surface area contributed by atoms with Crippen molar-refractivity contribution in [2.75, 3.05) is 32.1 Å². The summed E-state index contributed by atoms with van der Waals surface area (Å²) in [6.07, 6.45) is -4.31. The molecule has 0 saturated carbocycles. The third-order valence-corrected chi connectivity index (χ3v) is 4.23. The Bertz CT molecular complexity index is 794. The van der Waals surface area contributed by atoms with Crippen molar-refractivity contribution in [1.82, 2.24) is 10.6 Å². The molecule has 31 heavy (non-hydrogen) atoms. The van der Waals surface area contributed by atoms with Crippen LogP contribution in [0.3, 0.4) is 0 Å². The lowest BCUT2D eigenvalue weighted by Gasteiger charge is -2.13. The summed E-state index contributed by atoms with van der Waals surface area (Å²) in [4.78, 5) is 6.66. The average Bonchev–Trinajstić information content (AvgIpc) is 2.70. The monoisotopic (exact) mass is 550 g/mol. The van der Waals surface area contributed by atoms with Crippen molar-refractivity contribution in [1.29, 1.82) is 0 Å². The normalized spacial score (nSPS) is 11.6. The molecule has 5 nitrogen and oxygen atoms in total. The van der Waals surface area contributed by atoms with Gasteiger partial charge in [0.2, 0.25) is 0 Å². The topological polar surface area (TPSA) is 48.9 Å². The maximum atomic E-state index is 12.1. The second kappa shape index (κ2) is 13.4. The third-order valence-electron chi connectivity index (χ3n) is 4.23. The van der Waals surface area contributed by atoms with Crippen LogP contribution >= 0.6 is 24.0 Å². The summed E-state index contributed by atoms with van der Waals surface area (Å²) in [6.45, 7) is 2.54. The Morgan fingerprint density at radius 1 is 0.935 bits per heavy atom. The fraction of sp³-hybridized carbons (Fsp3) is 0.409. The molecule has 0 unspecified atom stereocenters. The number of halogens is 4. The van der Waals surface area contributed by atoms with Crippen molar-refractivity contribution >= 4 is 35.6 Å². The van der Waals surface area contributed by atoms with Crippen LogP contribution in [0.1, 0.15) is 23.6 Å². The number of anilines is 1. The molecule has 9 heteroatoms. The second-order valence-corrected chi connectivity index (χ2v) is 7.03. The van der Waals surface area contributed by atoms with Crippen molar-refractivity contribution in [3.63, 3.8) is 0 Å². The first kappa shape index (κ1) is 27.0. The van der Waals surface area contributed by atoms with Gasteiger partial charge in [-0.1, -0.05) is 36.4 Å². The Morgan fingerprint density at radius 3 is 2.06 bits per heavy atom. The first-order valence-corrected chi connectivity index (χ1v) is 9.77. The second-order valence-electron chi connectivity index (χ2n) is 7.03. The molecular formula is C22H30F3IN4O. The fourth-order valence-electron chi connectivity index (χ4n) is 2.64. The quantitative estimate of drug-likeness (QED) is 0.270. The molecule has 2 aromatic carbocycles. The van der Waals surface area contributed by atoms with Crippen molar-refractivity contribution in [3.8, 4) is 0 Å². The summed E-state index contributed by atoms with van der Waals surface area (Å²) < 4.78 is 41.1. The molecule has 0 bridgehead atoms. The molecule has 0 heterocycles. The first-order valence-electron chi connectivity index (χ1n) is 9.77. The average molecular weight is 550 g/mol. The number of nitrogens with one attached hydrogen (secondary N) is 2. The van der Waals surface area contributed by atoms with E-state index in [-0.39, 0.29) is 30.6 Å². The van der Waals surface area contributed by atoms with Gasteiger partial charge in [0.1, 0.15) is 6.61 Å². The van der Waals surface area contributed by atoms with E-state index in [1.54, 1.807) is 12.1 Å². The molecule has 172 valence electrons. The van der Waals surface area contributed by atoms with Crippen molar-refractivity contribution in [3.05, 3.63) is 65.2 Å². The minimum atomic E-state index is -4.31. The zero-order valence-corrected chi connectivity index (χ0v) is 20.3. The predicted molar refractivity (Wildman–Crippen MR) is 130 cm³/mol. The molecule has 0 amide bonds. The SMILES string of the molecule is CCNC(=NCc1ccc(N(C)C)cc1)NCc1ccc(COCC(F)(F)F)cc1.I. The number of ether oxygens (including phenoxy) is 1. The molecule has 0 aliphatic heterocycles. The molecule has 0 fully saturated rings. The number of hydrogen-bond acceptors (Lipinski definition) is 3. The number of guanidine groups is 1. The predicted octanol–water partition coefficient (Wildman–Crippen LogP) is 4.70. The maximum Gasteiger partial charge on any atom is 0.411 e. The van der Waals surface area contributed by atoms with Crippen molar-refractivity contribution in [2.24, 2.45) is 4.99 Å². The van der Waals surface area contributed by atoms with E-state index in [0.29, 0.717) is 24.6 Å². The van der Waals surface area contributed by atoms with Gasteiger partial charge in [0.15, 0.2) is 5.96 Å². The molecule has 0 radical (unpaired) electrons. The number of benzene rings is 2. The van der Waals surface area contributed by atoms with Crippen LogP contribution in [0.4, 0.5) is 18.9 Å². The summed E-state index contributed by atoms with van der Waals surface area (Å²) in [6, 6.07) is 15.5. The molecule has 2 rings (SSSR count). The summed E-state index contributed by atoms with van der Waals surface area (Å²) in [7, 11) is 4.00. The number of aliphatic imine (C=N–C) groups is 1. The molecule has 0 spiro atoms. The molecule has 0 aliphatic rings. The van der Waals surface area contributed by atoms with Gasteiger partial charge in [-0.2, -0.15) is 13.2 Å². The third kappa shape index (κ3) is 10.7. The number of alkyl halides is 3. The minimum Gasteiger partial charge on any atom is -0.378 e. The number of rotatable bonds is 9. The number of hydrogen-bond donors (Lipinski definition) is 2. The van der Waals surface area contributed by atoms with E-state index in [4.69, 9.17) is 0 Å². The van der Waals surface area contributed by atoms with Crippen LogP contribution in [-0.2, 0) is 24.4 Å². The van der Waals surface area contributed by atoms with Crippen LogP contribution in [0.2, 0.25) is 0 Å². The van der Waals surface area contributed by atoms with Crippen LogP contribution in [0.5, 0.6) is 0 Å². The standard InChI is InChI=1S/C22H29F3N4O.HI/c1-4-26-21(28-14-18-9-11-20(12-10-18)29(2)3)27-13-17-5-7-19(8-6-17)15-30-16-22(23,24)25;/h5-12H,4,13-16H2,1-3H3,(H2,26,27,28);1H. The highest BCUT2D eigenvalue weighted by Crippen LogP contribution is 2.16. The Morgan fingerprint density at radius 2 is 1.52 bits per heavy atom. The zero-order valence-electron chi connectivity index (χ0n) is 18.0. The van der Waals surface area contributed by atoms with E-state index in [9.17, 15) is 13.2 Å². The lowest BCUT2D eigenvalue weighted by molar-refractivity contribution is -0.176. The van der Waals surface area contributed by atoms with Gasteiger partial charge in [-0.05, 0) is 35.7 Å². The van der Waals surface area contributed by atoms with Crippen LogP contribution in [0, 0.1) is 0 Å². The largest absolute Gasteiger partial charge is 0.411 e. The highest BCUT2D eigenvalue weighted by molar-refractivity contribution is 14.0. The number of nitrogens with zero attached hydrogens (tertiary/aromatic N) is 2. The lowest BCUT2D eigenvalue weighted by atomic mass is 10.1. The van der Waals surface area contributed by atoms with Crippen molar-refractivity contribution < 1.29 is 17.9 Å². The van der Waals surface area contributed by atoms with E-state index < -0.39 is 12.8 Å². The zero-order chi connectivity index (χ0) is 22.0. The van der Waals surface area contributed by atoms with E-state index >= 15 is 0 Å². The van der Waals surface area contributed by atoms with E-state index in [2.05, 4.69) is 44.6 Å². The van der Waals surface area contributed by atoms with Gasteiger partial charge in [-0.25, -0.2) is 4.99 Å². The lowest BCUT2D eigenvalue weighted by Crippen LogP contribution is -2.36. The van der Waals surface area contributed by atoms with Gasteiger partial charge in [0.25, 0.3) is 0 Å². The van der Waals surface area contributed by atoms with Gasteiger partial charge in [0, 0.05) is 32.9 Å². The fourth-order valence-corrected chi connectivity index (χ4v) is 2.64. The summed E-state index contributed by atoms with van der Waals surface area (Å²) in [5.74, 6) is 0.701. The Kier molecular flexibility index (Phi) is 11.7. The van der Waals surface area contributed by atoms with E-state index in [0.717, 1.165) is 23.4 Å². The van der Waals surface area contributed by atoms with Crippen LogP contribution in [0.25, 0.3) is 0 Å². The van der Waals surface area contributed by atoms with Gasteiger partial charge in [0.05, 0.1) is 13.2 Å². The van der Waals surface area contributed by atoms with Crippen molar-refractivity contribution in [2.45, 2.75) is 32.8 Å². The van der Waals surface area contributed by atoms with Crippen LogP contribution in [0.15, 0.2) is 53.5 Å². The summed E-state index contributed by atoms with van der Waals surface area (Å²) in [5.41, 5.74) is 3.95.